The number of ether oxygens (including phenoxy) is 1. The van der Waals surface area contributed by atoms with Crippen molar-refractivity contribution in [1.82, 2.24) is 19.9 Å². The zero-order valence-corrected chi connectivity index (χ0v) is 11.2. The topological polar surface area (TPSA) is 103 Å². The molecule has 0 atom stereocenters. The molecule has 0 aromatic carbocycles. The Hall–Kier alpha value is -1.87. The van der Waals surface area contributed by atoms with Crippen molar-refractivity contribution in [3.8, 4) is 11.5 Å². The fourth-order valence-corrected chi connectivity index (χ4v) is 1.99. The Kier molecular flexibility index (Phi) is 4.17. The molecule has 0 spiro atoms. The number of aryl methyl sites for hydroxylation is 1. The van der Waals surface area contributed by atoms with Crippen LogP contribution in [0.15, 0.2) is 15.7 Å². The normalized spacial score (nSPS) is 10.8. The van der Waals surface area contributed by atoms with Gasteiger partial charge in [0.2, 0.25) is 5.82 Å². The number of aliphatic carboxylic acids is 1. The van der Waals surface area contributed by atoms with Crippen molar-refractivity contribution in [3.63, 3.8) is 0 Å². The van der Waals surface area contributed by atoms with E-state index in [1.165, 1.54) is 4.68 Å². The standard InChI is InChI=1S/C10H12N4O4S/c1-14-10(19-5-8(15)16)11-9(12-14)7-3-6(4-17-2)18-13-7/h3H,4-5H2,1-2H3,(H,15,16). The summed E-state index contributed by atoms with van der Waals surface area (Å²) in [4.78, 5) is 14.7. The third kappa shape index (κ3) is 3.32. The van der Waals surface area contributed by atoms with Crippen LogP contribution in [0, 0.1) is 0 Å². The van der Waals surface area contributed by atoms with Crippen LogP contribution in [0.1, 0.15) is 5.76 Å². The van der Waals surface area contributed by atoms with E-state index < -0.39 is 5.97 Å². The van der Waals surface area contributed by atoms with E-state index in [4.69, 9.17) is 14.4 Å². The molecular formula is C10H12N4O4S. The Balaban J connectivity index is 2.15. The summed E-state index contributed by atoms with van der Waals surface area (Å²) in [6.45, 7) is 0.320. The average Bonchev–Trinajstić information content (AvgIpc) is 2.94. The zero-order valence-electron chi connectivity index (χ0n) is 10.4. The number of hydrogen-bond acceptors (Lipinski definition) is 7. The summed E-state index contributed by atoms with van der Waals surface area (Å²) >= 11 is 1.09. The molecule has 2 aromatic rings. The Labute approximate surface area is 112 Å². The van der Waals surface area contributed by atoms with Gasteiger partial charge in [-0.25, -0.2) is 4.68 Å². The largest absolute Gasteiger partial charge is 0.481 e. The highest BCUT2D eigenvalue weighted by molar-refractivity contribution is 7.99. The molecule has 0 radical (unpaired) electrons. The van der Waals surface area contributed by atoms with E-state index in [0.717, 1.165) is 11.8 Å². The predicted octanol–water partition coefficient (Wildman–Crippen LogP) is 0.793. The van der Waals surface area contributed by atoms with Crippen LogP contribution in [-0.4, -0.2) is 43.9 Å². The minimum atomic E-state index is -0.904. The summed E-state index contributed by atoms with van der Waals surface area (Å²) in [5.41, 5.74) is 0.491. The number of thioether (sulfide) groups is 1. The molecule has 0 unspecified atom stereocenters. The van der Waals surface area contributed by atoms with E-state index in [2.05, 4.69) is 15.2 Å². The fraction of sp³-hybridized carbons (Fsp3) is 0.400. The van der Waals surface area contributed by atoms with E-state index in [9.17, 15) is 4.79 Å². The third-order valence-corrected chi connectivity index (χ3v) is 3.13. The molecule has 0 saturated carbocycles. The lowest BCUT2D eigenvalue weighted by molar-refractivity contribution is -0.133. The van der Waals surface area contributed by atoms with Crippen molar-refractivity contribution >= 4 is 17.7 Å². The van der Waals surface area contributed by atoms with Crippen molar-refractivity contribution in [2.45, 2.75) is 11.8 Å². The first-order valence-electron chi connectivity index (χ1n) is 5.30. The van der Waals surface area contributed by atoms with Crippen molar-refractivity contribution in [2.75, 3.05) is 12.9 Å². The molecule has 2 heterocycles. The Bertz CT molecular complexity index is 580. The quantitative estimate of drug-likeness (QED) is 0.777. The number of hydrogen-bond donors (Lipinski definition) is 1. The summed E-state index contributed by atoms with van der Waals surface area (Å²) < 4.78 is 11.5. The van der Waals surface area contributed by atoms with Gasteiger partial charge in [-0.05, 0) is 0 Å². The van der Waals surface area contributed by atoms with Crippen LogP contribution in [0.2, 0.25) is 0 Å². The van der Waals surface area contributed by atoms with Gasteiger partial charge in [-0.2, -0.15) is 4.98 Å². The molecule has 0 aliphatic heterocycles. The number of nitrogens with zero attached hydrogens (tertiary/aromatic N) is 4. The van der Waals surface area contributed by atoms with E-state index in [-0.39, 0.29) is 5.75 Å². The van der Waals surface area contributed by atoms with Gasteiger partial charge in [0.15, 0.2) is 16.6 Å². The lowest BCUT2D eigenvalue weighted by atomic mass is 10.3. The Morgan fingerprint density at radius 3 is 3.11 bits per heavy atom. The Morgan fingerprint density at radius 1 is 1.63 bits per heavy atom. The Morgan fingerprint density at radius 2 is 2.42 bits per heavy atom. The van der Waals surface area contributed by atoms with Crippen LogP contribution < -0.4 is 0 Å². The smallest absolute Gasteiger partial charge is 0.313 e. The van der Waals surface area contributed by atoms with Crippen LogP contribution in [-0.2, 0) is 23.2 Å². The molecule has 0 aliphatic rings. The molecule has 0 fully saturated rings. The van der Waals surface area contributed by atoms with Gasteiger partial charge in [0, 0.05) is 20.2 Å². The number of methoxy groups -OCH3 is 1. The third-order valence-electron chi connectivity index (χ3n) is 2.12. The van der Waals surface area contributed by atoms with E-state index in [0.29, 0.717) is 29.0 Å². The number of carboxylic acid groups (broad SMARTS) is 1. The summed E-state index contributed by atoms with van der Waals surface area (Å²) in [5, 5.41) is 17.1. The van der Waals surface area contributed by atoms with Crippen LogP contribution in [0.3, 0.4) is 0 Å². The average molecular weight is 284 g/mol. The SMILES string of the molecule is COCc1cc(-c2nc(SCC(=O)O)n(C)n2)no1. The first-order chi connectivity index (χ1) is 9.10. The van der Waals surface area contributed by atoms with Gasteiger partial charge in [-0.1, -0.05) is 16.9 Å². The number of carbonyl (C=O) groups is 1. The van der Waals surface area contributed by atoms with Crippen molar-refractivity contribution in [3.05, 3.63) is 11.8 Å². The second-order valence-electron chi connectivity index (χ2n) is 3.64. The van der Waals surface area contributed by atoms with E-state index in [1.807, 2.05) is 0 Å². The van der Waals surface area contributed by atoms with E-state index >= 15 is 0 Å². The van der Waals surface area contributed by atoms with Crippen molar-refractivity contribution in [2.24, 2.45) is 7.05 Å². The zero-order chi connectivity index (χ0) is 13.8. The number of aromatic nitrogens is 4. The second kappa shape index (κ2) is 5.85. The second-order valence-corrected chi connectivity index (χ2v) is 4.58. The molecule has 0 aliphatic carbocycles. The van der Waals surface area contributed by atoms with Gasteiger partial charge in [-0.3, -0.25) is 4.79 Å². The fourth-order valence-electron chi connectivity index (χ4n) is 1.36. The monoisotopic (exact) mass is 284 g/mol. The maximum Gasteiger partial charge on any atom is 0.313 e. The van der Waals surface area contributed by atoms with E-state index in [1.54, 1.807) is 20.2 Å². The molecule has 9 heteroatoms. The molecule has 0 amide bonds. The molecule has 19 heavy (non-hydrogen) atoms. The highest BCUT2D eigenvalue weighted by atomic mass is 32.2. The minimum Gasteiger partial charge on any atom is -0.481 e. The molecule has 102 valence electrons. The van der Waals surface area contributed by atoms with Crippen LogP contribution in [0.4, 0.5) is 0 Å². The van der Waals surface area contributed by atoms with Crippen molar-refractivity contribution in [1.29, 1.82) is 0 Å². The van der Waals surface area contributed by atoms with Gasteiger partial charge in [0.1, 0.15) is 6.61 Å². The summed E-state index contributed by atoms with van der Waals surface area (Å²) in [6, 6.07) is 1.68. The molecule has 1 N–H and O–H groups in total. The van der Waals surface area contributed by atoms with Crippen LogP contribution in [0.5, 0.6) is 0 Å². The van der Waals surface area contributed by atoms with Gasteiger partial charge >= 0.3 is 5.97 Å². The lowest BCUT2D eigenvalue weighted by Gasteiger charge is -1.94. The molecule has 2 aromatic heterocycles. The summed E-state index contributed by atoms with van der Waals surface area (Å²) in [5.74, 6) is -0.00996. The van der Waals surface area contributed by atoms with Gasteiger partial charge in [0.25, 0.3) is 0 Å². The first-order valence-corrected chi connectivity index (χ1v) is 6.29. The highest BCUT2D eigenvalue weighted by Crippen LogP contribution is 2.21. The maximum absolute atomic E-state index is 10.5. The summed E-state index contributed by atoms with van der Waals surface area (Å²) in [6.07, 6.45) is 0. The van der Waals surface area contributed by atoms with Gasteiger partial charge in [-0.15, -0.1) is 5.10 Å². The predicted molar refractivity (Wildman–Crippen MR) is 65.6 cm³/mol. The van der Waals surface area contributed by atoms with Gasteiger partial charge < -0.3 is 14.4 Å². The van der Waals surface area contributed by atoms with Gasteiger partial charge in [0.05, 0.1) is 5.75 Å². The maximum atomic E-state index is 10.5. The molecule has 8 nitrogen and oxygen atoms in total. The lowest BCUT2D eigenvalue weighted by Crippen LogP contribution is -2.00. The minimum absolute atomic E-state index is 0.0697. The summed E-state index contributed by atoms with van der Waals surface area (Å²) in [7, 11) is 3.25. The number of rotatable bonds is 6. The molecule has 0 bridgehead atoms. The van der Waals surface area contributed by atoms with Crippen LogP contribution in [0.25, 0.3) is 11.5 Å². The van der Waals surface area contributed by atoms with Crippen LogP contribution >= 0.6 is 11.8 Å². The molecular weight excluding hydrogens is 272 g/mol. The highest BCUT2D eigenvalue weighted by Gasteiger charge is 2.15. The van der Waals surface area contributed by atoms with Crippen molar-refractivity contribution < 1.29 is 19.2 Å². The first kappa shape index (κ1) is 13.6. The molecule has 0 saturated heterocycles. The number of carboxylic acids is 1. The molecule has 2 rings (SSSR count).